The van der Waals surface area contributed by atoms with E-state index < -0.39 is 21.7 Å². The first kappa shape index (κ1) is 18.0. The van der Waals surface area contributed by atoms with Crippen LogP contribution in [0.3, 0.4) is 0 Å². The summed E-state index contributed by atoms with van der Waals surface area (Å²) in [4.78, 5) is 23.4. The highest BCUT2D eigenvalue weighted by molar-refractivity contribution is 7.91. The largest absolute Gasteiger partial charge is 0.496 e. The standard InChI is InChI=1S/C16H20N2O5S/c1-23-14-5-3-2-4-13(14)6-7-15(19)17-18-16(20)10-12-8-9-24(21,22)11-12/h2-7,12H,8-11H2,1H3,(H,17,19)(H,18,20)/b7-6+/t12-/m0/s1. The number of hydrogen-bond acceptors (Lipinski definition) is 5. The molecule has 0 aromatic heterocycles. The first-order chi connectivity index (χ1) is 11.4. The SMILES string of the molecule is COc1ccccc1/C=C/C(=O)NNC(=O)C[C@@H]1CCS(=O)(=O)C1. The highest BCUT2D eigenvalue weighted by Gasteiger charge is 2.29. The topological polar surface area (TPSA) is 102 Å². The minimum atomic E-state index is -3.01. The smallest absolute Gasteiger partial charge is 0.262 e. The molecule has 7 nitrogen and oxygen atoms in total. The van der Waals surface area contributed by atoms with Gasteiger partial charge in [-0.2, -0.15) is 0 Å². The zero-order valence-electron chi connectivity index (χ0n) is 13.3. The molecule has 1 aromatic carbocycles. The number of ether oxygens (including phenoxy) is 1. The molecule has 0 saturated carbocycles. The molecule has 1 fully saturated rings. The second-order valence-corrected chi connectivity index (χ2v) is 7.81. The van der Waals surface area contributed by atoms with Crippen LogP contribution >= 0.6 is 0 Å². The van der Waals surface area contributed by atoms with Crippen molar-refractivity contribution in [3.63, 3.8) is 0 Å². The average Bonchev–Trinajstić information content (AvgIpc) is 2.89. The van der Waals surface area contributed by atoms with E-state index in [1.165, 1.54) is 13.2 Å². The predicted octanol–water partition coefficient (Wildman–Crippen LogP) is 0.681. The normalized spacial score (nSPS) is 19.1. The Labute approximate surface area is 141 Å². The van der Waals surface area contributed by atoms with Crippen LogP contribution in [0.25, 0.3) is 6.08 Å². The molecule has 24 heavy (non-hydrogen) atoms. The molecule has 1 aliphatic rings. The lowest BCUT2D eigenvalue weighted by Gasteiger charge is -2.08. The van der Waals surface area contributed by atoms with Crippen molar-refractivity contribution in [2.24, 2.45) is 5.92 Å². The zero-order valence-corrected chi connectivity index (χ0v) is 14.1. The molecule has 1 saturated heterocycles. The fourth-order valence-corrected chi connectivity index (χ4v) is 4.35. The molecule has 0 aliphatic carbocycles. The van der Waals surface area contributed by atoms with Crippen molar-refractivity contribution in [1.29, 1.82) is 0 Å². The molecular formula is C16H20N2O5S. The van der Waals surface area contributed by atoms with E-state index >= 15 is 0 Å². The summed E-state index contributed by atoms with van der Waals surface area (Å²) in [5, 5.41) is 0. The number of methoxy groups -OCH3 is 1. The molecule has 2 rings (SSSR count). The third kappa shape index (κ3) is 5.38. The first-order valence-corrected chi connectivity index (χ1v) is 9.32. The van der Waals surface area contributed by atoms with E-state index in [9.17, 15) is 18.0 Å². The number of hydrazine groups is 1. The number of nitrogens with one attached hydrogen (secondary N) is 2. The van der Waals surface area contributed by atoms with Gasteiger partial charge in [0.2, 0.25) is 5.91 Å². The molecule has 1 heterocycles. The van der Waals surface area contributed by atoms with E-state index in [1.807, 2.05) is 12.1 Å². The molecule has 1 aliphatic heterocycles. The first-order valence-electron chi connectivity index (χ1n) is 7.50. The summed E-state index contributed by atoms with van der Waals surface area (Å²) in [5.74, 6) is -0.297. The zero-order chi connectivity index (χ0) is 17.6. The maximum atomic E-state index is 11.7. The van der Waals surface area contributed by atoms with Gasteiger partial charge in [-0.05, 0) is 24.5 Å². The fourth-order valence-electron chi connectivity index (χ4n) is 2.49. The van der Waals surface area contributed by atoms with Crippen LogP contribution in [-0.2, 0) is 19.4 Å². The monoisotopic (exact) mass is 352 g/mol. The quantitative estimate of drug-likeness (QED) is 0.599. The van der Waals surface area contributed by atoms with Crippen LogP contribution < -0.4 is 15.6 Å². The van der Waals surface area contributed by atoms with Gasteiger partial charge in [-0.3, -0.25) is 20.4 Å². The van der Waals surface area contributed by atoms with Crippen molar-refractivity contribution in [2.45, 2.75) is 12.8 Å². The molecule has 1 atom stereocenters. The van der Waals surface area contributed by atoms with Crippen LogP contribution in [0.15, 0.2) is 30.3 Å². The molecular weight excluding hydrogens is 332 g/mol. The lowest BCUT2D eigenvalue weighted by Crippen LogP contribution is -2.41. The van der Waals surface area contributed by atoms with Crippen LogP contribution in [0.4, 0.5) is 0 Å². The molecule has 0 radical (unpaired) electrons. The molecule has 130 valence electrons. The molecule has 1 aromatic rings. The van der Waals surface area contributed by atoms with Gasteiger partial charge in [0.05, 0.1) is 18.6 Å². The van der Waals surface area contributed by atoms with Crippen LogP contribution in [0.5, 0.6) is 5.75 Å². The van der Waals surface area contributed by atoms with E-state index in [-0.39, 0.29) is 23.8 Å². The Balaban J connectivity index is 1.78. The van der Waals surface area contributed by atoms with E-state index in [2.05, 4.69) is 10.9 Å². The van der Waals surface area contributed by atoms with E-state index in [0.29, 0.717) is 12.2 Å². The summed E-state index contributed by atoms with van der Waals surface area (Å²) < 4.78 is 27.8. The summed E-state index contributed by atoms with van der Waals surface area (Å²) in [7, 11) is -1.47. The summed E-state index contributed by atoms with van der Waals surface area (Å²) in [6.07, 6.45) is 3.41. The number of rotatable bonds is 5. The molecule has 2 amide bonds. The Hall–Kier alpha value is -2.35. The van der Waals surface area contributed by atoms with E-state index in [1.54, 1.807) is 18.2 Å². The van der Waals surface area contributed by atoms with Crippen molar-refractivity contribution in [1.82, 2.24) is 10.9 Å². The third-order valence-electron chi connectivity index (χ3n) is 3.68. The fraction of sp³-hybridized carbons (Fsp3) is 0.375. The summed E-state index contributed by atoms with van der Waals surface area (Å²) in [6, 6.07) is 7.20. The maximum absolute atomic E-state index is 11.7. The number of benzene rings is 1. The van der Waals surface area contributed by atoms with Gasteiger partial charge in [0.25, 0.3) is 5.91 Å². The average molecular weight is 352 g/mol. The minimum absolute atomic E-state index is 0.0298. The van der Waals surface area contributed by atoms with Gasteiger partial charge >= 0.3 is 0 Å². The summed E-state index contributed by atoms with van der Waals surface area (Å²) in [5.41, 5.74) is 5.29. The maximum Gasteiger partial charge on any atom is 0.262 e. The van der Waals surface area contributed by atoms with Gasteiger partial charge in [0, 0.05) is 18.1 Å². The number of para-hydroxylation sites is 1. The van der Waals surface area contributed by atoms with Gasteiger partial charge in [0.1, 0.15) is 5.75 Å². The van der Waals surface area contributed by atoms with Crippen LogP contribution in [0.1, 0.15) is 18.4 Å². The van der Waals surface area contributed by atoms with Crippen molar-refractivity contribution in [3.8, 4) is 5.75 Å². The molecule has 0 spiro atoms. The Morgan fingerprint density at radius 1 is 1.29 bits per heavy atom. The lowest BCUT2D eigenvalue weighted by atomic mass is 10.1. The van der Waals surface area contributed by atoms with Gasteiger partial charge in [-0.25, -0.2) is 8.42 Å². The highest BCUT2D eigenvalue weighted by atomic mass is 32.2. The van der Waals surface area contributed by atoms with Crippen LogP contribution in [-0.4, -0.2) is 38.8 Å². The van der Waals surface area contributed by atoms with Gasteiger partial charge in [-0.15, -0.1) is 0 Å². The van der Waals surface area contributed by atoms with Crippen molar-refractivity contribution in [2.75, 3.05) is 18.6 Å². The Morgan fingerprint density at radius 2 is 2.04 bits per heavy atom. The number of amides is 2. The lowest BCUT2D eigenvalue weighted by molar-refractivity contribution is -0.127. The molecule has 2 N–H and O–H groups in total. The molecule has 0 unspecified atom stereocenters. The number of sulfone groups is 1. The number of hydrogen-bond donors (Lipinski definition) is 2. The Kier molecular flexibility index (Phi) is 5.97. The number of carbonyl (C=O) groups excluding carboxylic acids is 2. The second-order valence-electron chi connectivity index (χ2n) is 5.59. The van der Waals surface area contributed by atoms with Gasteiger partial charge in [0.15, 0.2) is 9.84 Å². The Bertz CT molecular complexity index is 743. The molecule has 8 heteroatoms. The number of carbonyl (C=O) groups is 2. The third-order valence-corrected chi connectivity index (χ3v) is 5.52. The van der Waals surface area contributed by atoms with Crippen LogP contribution in [0, 0.1) is 5.92 Å². The summed E-state index contributed by atoms with van der Waals surface area (Å²) >= 11 is 0. The Morgan fingerprint density at radius 3 is 2.71 bits per heavy atom. The van der Waals surface area contributed by atoms with Crippen molar-refractivity contribution < 1.29 is 22.7 Å². The van der Waals surface area contributed by atoms with E-state index in [0.717, 1.165) is 5.56 Å². The second kappa shape index (κ2) is 7.96. The summed E-state index contributed by atoms with van der Waals surface area (Å²) in [6.45, 7) is 0. The van der Waals surface area contributed by atoms with E-state index in [4.69, 9.17) is 4.74 Å². The van der Waals surface area contributed by atoms with Gasteiger partial charge in [-0.1, -0.05) is 18.2 Å². The van der Waals surface area contributed by atoms with Gasteiger partial charge < -0.3 is 4.74 Å². The van der Waals surface area contributed by atoms with Crippen LogP contribution in [0.2, 0.25) is 0 Å². The highest BCUT2D eigenvalue weighted by Crippen LogP contribution is 2.21. The minimum Gasteiger partial charge on any atom is -0.496 e. The van der Waals surface area contributed by atoms with Crippen molar-refractivity contribution >= 4 is 27.7 Å². The predicted molar refractivity (Wildman–Crippen MR) is 89.7 cm³/mol. The van der Waals surface area contributed by atoms with Crippen molar-refractivity contribution in [3.05, 3.63) is 35.9 Å². The molecule has 0 bridgehead atoms.